The van der Waals surface area contributed by atoms with Crippen LogP contribution in [-0.4, -0.2) is 47.1 Å². The number of rotatable bonds is 8. The van der Waals surface area contributed by atoms with Gasteiger partial charge in [0.15, 0.2) is 0 Å². The Labute approximate surface area is 206 Å². The summed E-state index contributed by atoms with van der Waals surface area (Å²) < 4.78 is 7.52. The number of ether oxygens (including phenoxy) is 1. The summed E-state index contributed by atoms with van der Waals surface area (Å²) in [5.41, 5.74) is 1.67. The molecular weight excluding hydrogens is 444 g/mol. The molecule has 8 heteroatoms. The average molecular weight is 481 g/mol. The number of anilines is 1. The Morgan fingerprint density at radius 3 is 2.57 bits per heavy atom. The molecule has 2 bridgehead atoms. The van der Waals surface area contributed by atoms with E-state index in [0.717, 1.165) is 30.7 Å². The fourth-order valence-corrected chi connectivity index (χ4v) is 5.01. The molecule has 1 saturated heterocycles. The predicted molar refractivity (Wildman–Crippen MR) is 136 cm³/mol. The average Bonchev–Trinajstić information content (AvgIpc) is 2.84. The molecule has 3 atom stereocenters. The molecule has 0 aliphatic carbocycles. The summed E-state index contributed by atoms with van der Waals surface area (Å²) in [6, 6.07) is 11.7. The normalized spacial score (nSPS) is 19.6. The Hall–Kier alpha value is -3.29. The molecule has 0 spiro atoms. The van der Waals surface area contributed by atoms with Gasteiger partial charge in [0, 0.05) is 43.0 Å². The Morgan fingerprint density at radius 2 is 1.86 bits per heavy atom. The summed E-state index contributed by atoms with van der Waals surface area (Å²) in [6.07, 6.45) is 3.04. The highest BCUT2D eigenvalue weighted by Crippen LogP contribution is 2.35. The summed E-state index contributed by atoms with van der Waals surface area (Å²) in [5, 5.41) is 5.88. The minimum Gasteiger partial charge on any atom is -0.494 e. The van der Waals surface area contributed by atoms with Crippen molar-refractivity contribution in [1.82, 2.24) is 14.8 Å². The van der Waals surface area contributed by atoms with Crippen LogP contribution in [0.15, 0.2) is 47.3 Å². The van der Waals surface area contributed by atoms with Gasteiger partial charge in [-0.15, -0.1) is 0 Å². The van der Waals surface area contributed by atoms with Gasteiger partial charge >= 0.3 is 6.03 Å². The summed E-state index contributed by atoms with van der Waals surface area (Å²) in [6.45, 7) is 8.37. The quantitative estimate of drug-likeness (QED) is 0.562. The Balaban J connectivity index is 1.37. The van der Waals surface area contributed by atoms with E-state index in [4.69, 9.17) is 4.74 Å². The largest absolute Gasteiger partial charge is 0.494 e. The van der Waals surface area contributed by atoms with Gasteiger partial charge in [-0.1, -0.05) is 33.3 Å². The van der Waals surface area contributed by atoms with Gasteiger partial charge in [-0.05, 0) is 55.0 Å². The summed E-state index contributed by atoms with van der Waals surface area (Å²) in [4.78, 5) is 40.3. The number of carbonyl (C=O) groups is 2. The van der Waals surface area contributed by atoms with Gasteiger partial charge in [-0.3, -0.25) is 9.59 Å². The third-order valence-corrected chi connectivity index (χ3v) is 6.88. The molecule has 2 aliphatic heterocycles. The summed E-state index contributed by atoms with van der Waals surface area (Å²) in [5.74, 6) is 0.800. The van der Waals surface area contributed by atoms with Gasteiger partial charge in [0.25, 0.3) is 5.56 Å². The first kappa shape index (κ1) is 24.8. The van der Waals surface area contributed by atoms with Crippen LogP contribution in [0.4, 0.5) is 10.5 Å². The van der Waals surface area contributed by atoms with E-state index < -0.39 is 6.04 Å². The fourth-order valence-electron chi connectivity index (χ4n) is 5.01. The van der Waals surface area contributed by atoms with E-state index in [1.165, 1.54) is 0 Å². The molecule has 2 N–H and O–H groups in total. The molecule has 0 saturated carbocycles. The lowest BCUT2D eigenvalue weighted by atomic mass is 9.83. The van der Waals surface area contributed by atoms with Crippen molar-refractivity contribution in [2.45, 2.75) is 58.5 Å². The third-order valence-electron chi connectivity index (χ3n) is 6.88. The van der Waals surface area contributed by atoms with Gasteiger partial charge in [0.1, 0.15) is 11.8 Å². The number of unbranched alkanes of at least 4 members (excludes halogenated alkanes) is 1. The first-order valence-electron chi connectivity index (χ1n) is 12.6. The number of pyridine rings is 1. The van der Waals surface area contributed by atoms with Crippen molar-refractivity contribution in [2.75, 3.05) is 25.0 Å². The smallest absolute Gasteiger partial charge is 0.318 e. The zero-order valence-corrected chi connectivity index (χ0v) is 20.8. The summed E-state index contributed by atoms with van der Waals surface area (Å²) in [7, 11) is 0. The number of benzene rings is 1. The number of carbonyl (C=O) groups excluding carboxylic acids is 2. The molecule has 0 unspecified atom stereocenters. The van der Waals surface area contributed by atoms with Crippen molar-refractivity contribution in [2.24, 2.45) is 11.8 Å². The minimum absolute atomic E-state index is 0.0206. The lowest BCUT2D eigenvalue weighted by Crippen LogP contribution is -2.56. The van der Waals surface area contributed by atoms with Crippen LogP contribution in [0.2, 0.25) is 0 Å². The van der Waals surface area contributed by atoms with Gasteiger partial charge in [0.05, 0.1) is 6.61 Å². The maximum absolute atomic E-state index is 13.2. The molecule has 4 rings (SSSR count). The minimum atomic E-state index is -0.667. The Bertz CT molecular complexity index is 1100. The van der Waals surface area contributed by atoms with Gasteiger partial charge in [-0.25, -0.2) is 4.79 Å². The van der Waals surface area contributed by atoms with Crippen LogP contribution < -0.4 is 20.9 Å². The topological polar surface area (TPSA) is 92.7 Å². The number of urea groups is 1. The first-order chi connectivity index (χ1) is 16.9. The van der Waals surface area contributed by atoms with Gasteiger partial charge < -0.3 is 24.8 Å². The maximum atomic E-state index is 13.2. The van der Waals surface area contributed by atoms with Crippen molar-refractivity contribution < 1.29 is 14.3 Å². The standard InChI is InChI=1S/C27H36N4O4/c1-4-5-13-35-22-11-9-21(10-12-22)28-26(33)25(18(2)3)29-27(34)30-15-19-14-20(17-30)23-7-6-8-24(32)31(23)16-19/h6-12,18-20,25H,4-5,13-17H2,1-3H3,(H,28,33)(H,29,34)/t19-,20-,25-/m0/s1. The zero-order valence-electron chi connectivity index (χ0n) is 20.8. The van der Waals surface area contributed by atoms with Crippen LogP contribution in [0.1, 0.15) is 51.6 Å². The molecule has 2 aromatic rings. The molecule has 1 fully saturated rings. The SMILES string of the molecule is CCCCOc1ccc(NC(=O)[C@@H](NC(=O)N2C[C@@H]3C[C@@H](C2)c2cccc(=O)n2C3)C(C)C)cc1. The second-order valence-corrected chi connectivity index (χ2v) is 9.99. The van der Waals surface area contributed by atoms with Crippen molar-refractivity contribution in [1.29, 1.82) is 0 Å². The van der Waals surface area contributed by atoms with Crippen LogP contribution >= 0.6 is 0 Å². The number of hydrogen-bond acceptors (Lipinski definition) is 4. The van der Waals surface area contributed by atoms with E-state index in [1.807, 2.05) is 48.7 Å². The van der Waals surface area contributed by atoms with Crippen molar-refractivity contribution >= 4 is 17.6 Å². The molecule has 3 heterocycles. The first-order valence-corrected chi connectivity index (χ1v) is 12.6. The van der Waals surface area contributed by atoms with Crippen LogP contribution in [0.5, 0.6) is 5.75 Å². The molecular formula is C27H36N4O4. The predicted octanol–water partition coefficient (Wildman–Crippen LogP) is 3.82. The van der Waals surface area contributed by atoms with Crippen LogP contribution in [0.3, 0.4) is 0 Å². The highest BCUT2D eigenvalue weighted by atomic mass is 16.5. The second kappa shape index (κ2) is 11.0. The number of likely N-dealkylation sites (tertiary alicyclic amines) is 1. The number of fused-ring (bicyclic) bond motifs is 4. The molecule has 2 aliphatic rings. The molecule has 35 heavy (non-hydrogen) atoms. The number of nitrogens with one attached hydrogen (secondary N) is 2. The third kappa shape index (κ3) is 5.86. The maximum Gasteiger partial charge on any atom is 0.318 e. The van der Waals surface area contributed by atoms with E-state index in [-0.39, 0.29) is 35.3 Å². The number of hydrogen-bond donors (Lipinski definition) is 2. The lowest BCUT2D eigenvalue weighted by molar-refractivity contribution is -0.118. The van der Waals surface area contributed by atoms with E-state index in [0.29, 0.717) is 31.9 Å². The van der Waals surface area contributed by atoms with Crippen LogP contribution in [-0.2, 0) is 11.3 Å². The second-order valence-electron chi connectivity index (χ2n) is 9.99. The Morgan fingerprint density at radius 1 is 1.09 bits per heavy atom. The van der Waals surface area contributed by atoms with Crippen molar-refractivity contribution in [3.05, 3.63) is 58.5 Å². The van der Waals surface area contributed by atoms with E-state index in [1.54, 1.807) is 17.0 Å². The van der Waals surface area contributed by atoms with Gasteiger partial charge in [-0.2, -0.15) is 0 Å². The van der Waals surface area contributed by atoms with Gasteiger partial charge in [0.2, 0.25) is 5.91 Å². The number of nitrogens with zero attached hydrogens (tertiary/aromatic N) is 2. The van der Waals surface area contributed by atoms with Crippen LogP contribution in [0.25, 0.3) is 0 Å². The number of amides is 3. The fraction of sp³-hybridized carbons (Fsp3) is 0.519. The van der Waals surface area contributed by atoms with E-state index in [2.05, 4.69) is 17.6 Å². The number of piperidine rings is 1. The van der Waals surface area contributed by atoms with Crippen LogP contribution in [0, 0.1) is 11.8 Å². The lowest BCUT2D eigenvalue weighted by Gasteiger charge is -2.43. The zero-order chi connectivity index (χ0) is 24.9. The highest BCUT2D eigenvalue weighted by molar-refractivity contribution is 5.97. The molecule has 188 valence electrons. The molecule has 8 nitrogen and oxygen atoms in total. The molecule has 3 amide bonds. The molecule has 1 aromatic carbocycles. The summed E-state index contributed by atoms with van der Waals surface area (Å²) >= 11 is 0. The van der Waals surface area contributed by atoms with Crippen molar-refractivity contribution in [3.8, 4) is 5.75 Å². The highest BCUT2D eigenvalue weighted by Gasteiger charge is 2.37. The number of aromatic nitrogens is 1. The molecule has 1 aromatic heterocycles. The molecule has 0 radical (unpaired) electrons. The monoisotopic (exact) mass is 480 g/mol. The van der Waals surface area contributed by atoms with E-state index >= 15 is 0 Å². The van der Waals surface area contributed by atoms with E-state index in [9.17, 15) is 14.4 Å². The Kier molecular flexibility index (Phi) is 7.78. The van der Waals surface area contributed by atoms with Crippen molar-refractivity contribution in [3.63, 3.8) is 0 Å².